The zero-order valence-electron chi connectivity index (χ0n) is 19.0. The summed E-state index contributed by atoms with van der Waals surface area (Å²) in [5, 5.41) is 11.0. The SMILES string of the molecule is CCCOc1ccc(C2/C(=C(\O)c3ccc(F)cc3)C(=O)C(=O)N2CCOC)cc1OCC. The van der Waals surface area contributed by atoms with Crippen LogP contribution in [0.1, 0.15) is 37.4 Å². The van der Waals surface area contributed by atoms with Gasteiger partial charge >= 0.3 is 0 Å². The number of amides is 1. The van der Waals surface area contributed by atoms with Crippen molar-refractivity contribution in [2.75, 3.05) is 33.5 Å². The number of ketones is 1. The molecule has 2 aromatic carbocycles. The van der Waals surface area contributed by atoms with Crippen LogP contribution < -0.4 is 9.47 Å². The summed E-state index contributed by atoms with van der Waals surface area (Å²) in [5.74, 6) is -1.39. The second-order valence-electron chi connectivity index (χ2n) is 7.48. The van der Waals surface area contributed by atoms with E-state index in [0.29, 0.717) is 30.3 Å². The first-order valence-electron chi connectivity index (χ1n) is 10.9. The second-order valence-corrected chi connectivity index (χ2v) is 7.48. The zero-order chi connectivity index (χ0) is 24.0. The number of nitrogens with zero attached hydrogens (tertiary/aromatic N) is 1. The minimum absolute atomic E-state index is 0.0765. The van der Waals surface area contributed by atoms with E-state index in [1.54, 1.807) is 18.2 Å². The highest BCUT2D eigenvalue weighted by atomic mass is 19.1. The molecule has 2 aromatic rings. The lowest BCUT2D eigenvalue weighted by atomic mass is 9.95. The topological polar surface area (TPSA) is 85.3 Å². The fraction of sp³-hybridized carbons (Fsp3) is 0.360. The molecule has 8 heteroatoms. The third-order valence-electron chi connectivity index (χ3n) is 5.24. The highest BCUT2D eigenvalue weighted by Crippen LogP contribution is 2.42. The van der Waals surface area contributed by atoms with Gasteiger partial charge in [-0.15, -0.1) is 0 Å². The van der Waals surface area contributed by atoms with Crippen molar-refractivity contribution >= 4 is 17.4 Å². The molecule has 1 aliphatic heterocycles. The molecule has 7 nitrogen and oxygen atoms in total. The number of aliphatic hydroxyl groups excluding tert-OH is 1. The van der Waals surface area contributed by atoms with E-state index < -0.39 is 23.5 Å². The zero-order valence-corrected chi connectivity index (χ0v) is 19.0. The summed E-state index contributed by atoms with van der Waals surface area (Å²) < 4.78 is 30.0. The summed E-state index contributed by atoms with van der Waals surface area (Å²) in [6, 6.07) is 9.38. The molecule has 1 amide bonds. The molecule has 0 radical (unpaired) electrons. The van der Waals surface area contributed by atoms with Crippen LogP contribution in [0.3, 0.4) is 0 Å². The summed E-state index contributed by atoms with van der Waals surface area (Å²) in [6.45, 7) is 5.09. The van der Waals surface area contributed by atoms with E-state index >= 15 is 0 Å². The molecule has 0 aliphatic carbocycles. The number of likely N-dealkylation sites (tertiary alicyclic amines) is 1. The van der Waals surface area contributed by atoms with E-state index in [-0.39, 0.29) is 30.0 Å². The smallest absolute Gasteiger partial charge is 0.295 e. The quantitative estimate of drug-likeness (QED) is 0.329. The third kappa shape index (κ3) is 5.17. The van der Waals surface area contributed by atoms with E-state index in [1.807, 2.05) is 13.8 Å². The normalized spacial score (nSPS) is 17.5. The summed E-state index contributed by atoms with van der Waals surface area (Å²) in [5.41, 5.74) is 0.729. The Kier molecular flexibility index (Phi) is 8.06. The van der Waals surface area contributed by atoms with E-state index in [1.165, 1.54) is 36.3 Å². The Hall–Kier alpha value is -3.39. The molecule has 0 aromatic heterocycles. The average molecular weight is 457 g/mol. The summed E-state index contributed by atoms with van der Waals surface area (Å²) in [6.07, 6.45) is 0.822. The molecule has 1 N–H and O–H groups in total. The highest BCUT2D eigenvalue weighted by molar-refractivity contribution is 6.46. The number of aliphatic hydroxyl groups is 1. The van der Waals surface area contributed by atoms with Crippen molar-refractivity contribution in [2.24, 2.45) is 0 Å². The van der Waals surface area contributed by atoms with Crippen molar-refractivity contribution < 1.29 is 33.3 Å². The Balaban J connectivity index is 2.14. The minimum Gasteiger partial charge on any atom is -0.507 e. The van der Waals surface area contributed by atoms with Crippen molar-refractivity contribution in [1.29, 1.82) is 0 Å². The molecule has 1 fully saturated rings. The first-order valence-corrected chi connectivity index (χ1v) is 10.9. The monoisotopic (exact) mass is 457 g/mol. The molecule has 1 heterocycles. The Morgan fingerprint density at radius 3 is 2.39 bits per heavy atom. The molecular formula is C25H28FNO6. The van der Waals surface area contributed by atoms with Crippen LogP contribution in [0.4, 0.5) is 4.39 Å². The Morgan fingerprint density at radius 1 is 1.03 bits per heavy atom. The number of hydrogen-bond donors (Lipinski definition) is 1. The van der Waals surface area contributed by atoms with Crippen LogP contribution in [0.15, 0.2) is 48.0 Å². The Labute approximate surface area is 192 Å². The summed E-state index contributed by atoms with van der Waals surface area (Å²) in [7, 11) is 1.50. The van der Waals surface area contributed by atoms with Gasteiger partial charge in [-0.05, 0) is 55.3 Å². The van der Waals surface area contributed by atoms with Gasteiger partial charge in [0.25, 0.3) is 11.7 Å². The van der Waals surface area contributed by atoms with Crippen LogP contribution in [-0.4, -0.2) is 55.2 Å². The number of carbonyl (C=O) groups is 2. The van der Waals surface area contributed by atoms with Crippen LogP contribution in [0.2, 0.25) is 0 Å². The molecule has 1 saturated heterocycles. The van der Waals surface area contributed by atoms with Crippen LogP contribution in [0.5, 0.6) is 11.5 Å². The van der Waals surface area contributed by atoms with Gasteiger partial charge in [0.05, 0.1) is 31.4 Å². The number of hydrogen-bond acceptors (Lipinski definition) is 6. The minimum atomic E-state index is -0.871. The number of methoxy groups -OCH3 is 1. The van der Waals surface area contributed by atoms with Crippen LogP contribution >= 0.6 is 0 Å². The van der Waals surface area contributed by atoms with Crippen molar-refractivity contribution in [2.45, 2.75) is 26.3 Å². The van der Waals surface area contributed by atoms with E-state index in [0.717, 1.165) is 6.42 Å². The van der Waals surface area contributed by atoms with Gasteiger partial charge in [0.15, 0.2) is 11.5 Å². The summed E-state index contributed by atoms with van der Waals surface area (Å²) >= 11 is 0. The lowest BCUT2D eigenvalue weighted by molar-refractivity contribution is -0.140. The maximum Gasteiger partial charge on any atom is 0.295 e. The number of Topliss-reactive ketones (excluding diaryl/α,β-unsaturated/α-hetero) is 1. The number of rotatable bonds is 10. The van der Waals surface area contributed by atoms with Crippen LogP contribution in [-0.2, 0) is 14.3 Å². The maximum atomic E-state index is 13.4. The molecule has 33 heavy (non-hydrogen) atoms. The number of carbonyl (C=O) groups excluding carboxylic acids is 2. The van der Waals surface area contributed by atoms with Gasteiger partial charge in [0.1, 0.15) is 11.6 Å². The van der Waals surface area contributed by atoms with Crippen molar-refractivity contribution in [3.05, 3.63) is 65.0 Å². The fourth-order valence-corrected chi connectivity index (χ4v) is 3.70. The van der Waals surface area contributed by atoms with Crippen molar-refractivity contribution in [1.82, 2.24) is 4.90 Å². The predicted molar refractivity (Wildman–Crippen MR) is 121 cm³/mol. The number of benzene rings is 2. The fourth-order valence-electron chi connectivity index (χ4n) is 3.70. The molecule has 3 rings (SSSR count). The molecular weight excluding hydrogens is 429 g/mol. The van der Waals surface area contributed by atoms with Gasteiger partial charge in [-0.25, -0.2) is 4.39 Å². The number of ether oxygens (including phenoxy) is 3. The first kappa shape index (κ1) is 24.3. The molecule has 0 saturated carbocycles. The molecule has 1 aliphatic rings. The lowest BCUT2D eigenvalue weighted by Crippen LogP contribution is -2.32. The first-order chi connectivity index (χ1) is 15.9. The van der Waals surface area contributed by atoms with Gasteiger partial charge in [0.2, 0.25) is 0 Å². The Morgan fingerprint density at radius 2 is 1.76 bits per heavy atom. The van der Waals surface area contributed by atoms with Gasteiger partial charge in [-0.2, -0.15) is 0 Å². The highest BCUT2D eigenvalue weighted by Gasteiger charge is 2.46. The predicted octanol–water partition coefficient (Wildman–Crippen LogP) is 4.08. The van der Waals surface area contributed by atoms with Gasteiger partial charge < -0.3 is 24.2 Å². The molecule has 176 valence electrons. The molecule has 1 atom stereocenters. The van der Waals surface area contributed by atoms with Gasteiger partial charge in [-0.3, -0.25) is 9.59 Å². The maximum absolute atomic E-state index is 13.4. The third-order valence-corrected chi connectivity index (χ3v) is 5.24. The summed E-state index contributed by atoms with van der Waals surface area (Å²) in [4.78, 5) is 27.2. The van der Waals surface area contributed by atoms with E-state index in [2.05, 4.69) is 0 Å². The van der Waals surface area contributed by atoms with Crippen molar-refractivity contribution in [3.8, 4) is 11.5 Å². The van der Waals surface area contributed by atoms with Crippen molar-refractivity contribution in [3.63, 3.8) is 0 Å². The standard InChI is InChI=1S/C25H28FNO6/c1-4-13-33-19-11-8-17(15-20(19)32-5-2)22-21(23(28)16-6-9-18(26)10-7-16)24(29)25(30)27(22)12-14-31-3/h6-11,15,22,28H,4-5,12-14H2,1-3H3/b23-21+. The largest absolute Gasteiger partial charge is 0.507 e. The molecule has 0 spiro atoms. The number of halogens is 1. The van der Waals surface area contributed by atoms with E-state index in [9.17, 15) is 19.1 Å². The van der Waals surface area contributed by atoms with Gasteiger partial charge in [-0.1, -0.05) is 13.0 Å². The second kappa shape index (κ2) is 11.0. The van der Waals surface area contributed by atoms with E-state index in [4.69, 9.17) is 14.2 Å². The molecule has 0 bridgehead atoms. The average Bonchev–Trinajstić information content (AvgIpc) is 3.07. The Bertz CT molecular complexity index is 1030. The lowest BCUT2D eigenvalue weighted by Gasteiger charge is -2.26. The van der Waals surface area contributed by atoms with Gasteiger partial charge in [0, 0.05) is 19.2 Å². The molecule has 1 unspecified atom stereocenters. The van der Waals surface area contributed by atoms with Crippen LogP contribution in [0, 0.1) is 5.82 Å². The van der Waals surface area contributed by atoms with Crippen LogP contribution in [0.25, 0.3) is 5.76 Å².